The molecule has 13 nitrogen and oxygen atoms in total. The van der Waals surface area contributed by atoms with Gasteiger partial charge in [0.25, 0.3) is 0 Å². The number of rotatable bonds is 15. The zero-order valence-electron chi connectivity index (χ0n) is 17.7. The molecule has 31 heavy (non-hydrogen) atoms. The van der Waals surface area contributed by atoms with Crippen LogP contribution in [-0.4, -0.2) is 65.3 Å². The summed E-state index contributed by atoms with van der Waals surface area (Å²) >= 11 is 0. The Balaban J connectivity index is 5.51. The number of primary amides is 2. The van der Waals surface area contributed by atoms with Gasteiger partial charge in [0.15, 0.2) is 0 Å². The van der Waals surface area contributed by atoms with E-state index in [1.165, 1.54) is 0 Å². The van der Waals surface area contributed by atoms with E-state index in [9.17, 15) is 33.9 Å². The highest BCUT2D eigenvalue weighted by molar-refractivity contribution is 5.94. The van der Waals surface area contributed by atoms with E-state index in [-0.39, 0.29) is 25.7 Å². The summed E-state index contributed by atoms with van der Waals surface area (Å²) in [6.07, 6.45) is -0.374. The van der Waals surface area contributed by atoms with Gasteiger partial charge in [-0.15, -0.1) is 0 Å². The van der Waals surface area contributed by atoms with Gasteiger partial charge in [0.2, 0.25) is 29.5 Å². The van der Waals surface area contributed by atoms with Crippen LogP contribution in [0.25, 0.3) is 0 Å². The first-order valence-corrected chi connectivity index (χ1v) is 9.82. The Morgan fingerprint density at radius 2 is 1.29 bits per heavy atom. The molecular weight excluding hydrogens is 412 g/mol. The van der Waals surface area contributed by atoms with Crippen molar-refractivity contribution < 1.29 is 33.9 Å². The molecule has 0 aliphatic carbocycles. The van der Waals surface area contributed by atoms with Crippen molar-refractivity contribution in [3.05, 3.63) is 0 Å². The monoisotopic (exact) mass is 444 g/mol. The molecule has 4 atom stereocenters. The van der Waals surface area contributed by atoms with Crippen molar-refractivity contribution in [2.24, 2.45) is 23.1 Å². The van der Waals surface area contributed by atoms with Crippen molar-refractivity contribution >= 4 is 35.5 Å². The first-order chi connectivity index (χ1) is 14.4. The molecule has 0 saturated heterocycles. The van der Waals surface area contributed by atoms with Crippen LogP contribution < -0.4 is 33.2 Å². The lowest BCUT2D eigenvalue weighted by Crippen LogP contribution is -2.57. The van der Waals surface area contributed by atoms with Crippen molar-refractivity contribution in [3.8, 4) is 0 Å². The number of aliphatic carboxylic acids is 1. The van der Waals surface area contributed by atoms with E-state index >= 15 is 0 Å². The number of carboxylic acid groups (broad SMARTS) is 1. The molecule has 5 amide bonds. The maximum Gasteiger partial charge on any atom is 0.326 e. The molecule has 4 unspecified atom stereocenters. The molecular formula is C18H32N6O7. The molecule has 0 aromatic carbocycles. The summed E-state index contributed by atoms with van der Waals surface area (Å²) in [5.41, 5.74) is 15.4. The molecule has 0 aromatic heterocycles. The smallest absolute Gasteiger partial charge is 0.326 e. The van der Waals surface area contributed by atoms with E-state index < -0.39 is 66.1 Å². The largest absolute Gasteiger partial charge is 0.480 e. The average Bonchev–Trinajstić information content (AvgIpc) is 2.70. The highest BCUT2D eigenvalue weighted by atomic mass is 16.4. The number of carboxylic acids is 1. The molecule has 0 heterocycles. The second kappa shape index (κ2) is 13.9. The van der Waals surface area contributed by atoms with Crippen LogP contribution in [0, 0.1) is 5.92 Å². The number of carbonyl (C=O) groups is 6. The maximum atomic E-state index is 12.7. The van der Waals surface area contributed by atoms with Crippen molar-refractivity contribution in [3.63, 3.8) is 0 Å². The summed E-state index contributed by atoms with van der Waals surface area (Å²) in [6.45, 7) is 2.97. The highest BCUT2D eigenvalue weighted by Crippen LogP contribution is 2.09. The molecule has 176 valence electrons. The van der Waals surface area contributed by atoms with Gasteiger partial charge in [-0.05, 0) is 18.8 Å². The number of carbonyl (C=O) groups excluding carboxylic acids is 5. The fourth-order valence-electron chi connectivity index (χ4n) is 2.57. The highest BCUT2D eigenvalue weighted by Gasteiger charge is 2.31. The van der Waals surface area contributed by atoms with Gasteiger partial charge in [0.05, 0.1) is 6.54 Å². The zero-order chi connectivity index (χ0) is 24.1. The van der Waals surface area contributed by atoms with Gasteiger partial charge < -0.3 is 38.3 Å². The quantitative estimate of drug-likeness (QED) is 0.137. The first-order valence-electron chi connectivity index (χ1n) is 9.82. The molecule has 13 heteroatoms. The van der Waals surface area contributed by atoms with E-state index in [0.29, 0.717) is 6.42 Å². The van der Waals surface area contributed by atoms with Gasteiger partial charge in [0, 0.05) is 12.8 Å². The second-order valence-electron chi connectivity index (χ2n) is 7.11. The average molecular weight is 444 g/mol. The number of hydrogen-bond donors (Lipinski definition) is 7. The topological polar surface area (TPSA) is 237 Å². The fraction of sp³-hybridized carbons (Fsp3) is 0.667. The second-order valence-corrected chi connectivity index (χ2v) is 7.11. The molecule has 0 saturated carbocycles. The Morgan fingerprint density at radius 3 is 1.68 bits per heavy atom. The Labute approximate surface area is 179 Å². The van der Waals surface area contributed by atoms with E-state index in [0.717, 1.165) is 0 Å². The summed E-state index contributed by atoms with van der Waals surface area (Å²) in [5.74, 6) is -5.43. The fourth-order valence-corrected chi connectivity index (χ4v) is 2.57. The Kier molecular flexibility index (Phi) is 12.5. The molecule has 0 bridgehead atoms. The van der Waals surface area contributed by atoms with Gasteiger partial charge in [-0.3, -0.25) is 24.0 Å². The number of nitrogens with one attached hydrogen (secondary N) is 3. The van der Waals surface area contributed by atoms with Crippen LogP contribution in [0.4, 0.5) is 0 Å². The lowest BCUT2D eigenvalue weighted by Gasteiger charge is -2.26. The van der Waals surface area contributed by atoms with E-state index in [1.807, 2.05) is 0 Å². The molecule has 0 aliphatic rings. The molecule has 0 fully saturated rings. The van der Waals surface area contributed by atoms with Crippen LogP contribution in [0.5, 0.6) is 0 Å². The third-order valence-electron chi connectivity index (χ3n) is 4.61. The third kappa shape index (κ3) is 10.9. The molecule has 0 aliphatic heterocycles. The van der Waals surface area contributed by atoms with Crippen molar-refractivity contribution in [1.29, 1.82) is 0 Å². The summed E-state index contributed by atoms with van der Waals surface area (Å²) in [7, 11) is 0. The molecule has 0 spiro atoms. The van der Waals surface area contributed by atoms with Crippen LogP contribution in [0.3, 0.4) is 0 Å². The molecule has 10 N–H and O–H groups in total. The number of hydrogen-bond acceptors (Lipinski definition) is 7. The van der Waals surface area contributed by atoms with Gasteiger partial charge in [0.1, 0.15) is 18.1 Å². The first kappa shape index (κ1) is 27.8. The molecule has 0 rings (SSSR count). The van der Waals surface area contributed by atoms with Gasteiger partial charge in [-0.25, -0.2) is 4.79 Å². The standard InChI is InChI=1S/C18H32N6O7/c1-3-9(2)15(18(30)31)24-17(29)11(5-7-13(21)26)23-16(28)10(4-6-12(20)25)22-14(27)8-19/h9-11,15H,3-8,19H2,1-2H3,(H2,20,25)(H2,21,26)(H,22,27)(H,23,28)(H,24,29)(H,30,31). The SMILES string of the molecule is CCC(C)C(NC(=O)C(CCC(N)=O)NC(=O)C(CCC(N)=O)NC(=O)CN)C(=O)O. The summed E-state index contributed by atoms with van der Waals surface area (Å²) in [4.78, 5) is 70.6. The van der Waals surface area contributed by atoms with E-state index in [2.05, 4.69) is 16.0 Å². The van der Waals surface area contributed by atoms with Crippen LogP contribution in [0.1, 0.15) is 46.0 Å². The minimum Gasteiger partial charge on any atom is -0.480 e. The normalized spacial score (nSPS) is 14.4. The van der Waals surface area contributed by atoms with Gasteiger partial charge in [-0.2, -0.15) is 0 Å². The lowest BCUT2D eigenvalue weighted by atomic mass is 9.98. The van der Waals surface area contributed by atoms with Gasteiger partial charge in [-0.1, -0.05) is 20.3 Å². The Hall–Kier alpha value is -3.22. The number of amides is 5. The number of nitrogens with two attached hydrogens (primary N) is 3. The van der Waals surface area contributed by atoms with Crippen LogP contribution in [0.2, 0.25) is 0 Å². The Morgan fingerprint density at radius 1 is 0.839 bits per heavy atom. The lowest BCUT2D eigenvalue weighted by molar-refractivity contribution is -0.144. The van der Waals surface area contributed by atoms with Crippen LogP contribution in [-0.2, 0) is 28.8 Å². The molecule has 0 aromatic rings. The minimum absolute atomic E-state index is 0.151. The van der Waals surface area contributed by atoms with Crippen molar-refractivity contribution in [1.82, 2.24) is 16.0 Å². The van der Waals surface area contributed by atoms with E-state index in [1.54, 1.807) is 13.8 Å². The predicted molar refractivity (Wildman–Crippen MR) is 109 cm³/mol. The van der Waals surface area contributed by atoms with Crippen molar-refractivity contribution in [2.75, 3.05) is 6.54 Å². The zero-order valence-corrected chi connectivity index (χ0v) is 17.7. The maximum absolute atomic E-state index is 12.7. The van der Waals surface area contributed by atoms with E-state index in [4.69, 9.17) is 17.2 Å². The van der Waals surface area contributed by atoms with Gasteiger partial charge >= 0.3 is 5.97 Å². The minimum atomic E-state index is -1.31. The van der Waals surface area contributed by atoms with Crippen LogP contribution in [0.15, 0.2) is 0 Å². The Bertz CT molecular complexity index is 684. The summed E-state index contributed by atoms with van der Waals surface area (Å²) < 4.78 is 0. The third-order valence-corrected chi connectivity index (χ3v) is 4.61. The predicted octanol–water partition coefficient (Wildman–Crippen LogP) is -2.94. The molecule has 0 radical (unpaired) electrons. The summed E-state index contributed by atoms with van der Waals surface area (Å²) in [5, 5.41) is 16.4. The van der Waals surface area contributed by atoms with Crippen LogP contribution >= 0.6 is 0 Å². The summed E-state index contributed by atoms with van der Waals surface area (Å²) in [6, 6.07) is -3.75. The van der Waals surface area contributed by atoms with Crippen molar-refractivity contribution in [2.45, 2.75) is 64.1 Å².